The van der Waals surface area contributed by atoms with Crippen LogP contribution in [0.2, 0.25) is 0 Å². The lowest BCUT2D eigenvalue weighted by Crippen LogP contribution is -2.52. The van der Waals surface area contributed by atoms with Crippen molar-refractivity contribution >= 4 is 11.9 Å². The van der Waals surface area contributed by atoms with Gasteiger partial charge in [-0.15, -0.1) is 0 Å². The molecule has 168 valence electrons. The highest BCUT2D eigenvalue weighted by atomic mass is 16.6. The molecule has 0 heterocycles. The molecular weight excluding hydrogens is 400 g/mol. The third-order valence-corrected chi connectivity index (χ3v) is 8.35. The fourth-order valence-corrected chi connectivity index (χ4v) is 6.77. The number of aryl methyl sites for hydroxylation is 2. The van der Waals surface area contributed by atoms with Gasteiger partial charge in [0.2, 0.25) is 0 Å². The van der Waals surface area contributed by atoms with E-state index in [1.807, 2.05) is 62.4 Å². The molecule has 0 aliphatic heterocycles. The Hall–Kier alpha value is -2.62. The van der Waals surface area contributed by atoms with E-state index in [2.05, 4.69) is 0 Å². The lowest BCUT2D eigenvalue weighted by atomic mass is 9.59. The van der Waals surface area contributed by atoms with Gasteiger partial charge in [0, 0.05) is 5.92 Å². The molecule has 5 unspecified atom stereocenters. The standard InChI is InChI=1S/C28H32O4/c1-18-9-3-5-11-20(18)26(29)31-24-17-28-15-8-7-13-23(28)22(14-16-28)25(24)32-27(30)21-12-6-4-10-19(21)2/h3-6,9-12,22-25H,7-8,13-17H2,1-2H3. The monoisotopic (exact) mass is 432 g/mol. The first kappa shape index (κ1) is 21.2. The fourth-order valence-electron chi connectivity index (χ4n) is 6.77. The summed E-state index contributed by atoms with van der Waals surface area (Å²) >= 11 is 0. The van der Waals surface area contributed by atoms with Crippen molar-refractivity contribution in [3.63, 3.8) is 0 Å². The first-order valence-electron chi connectivity index (χ1n) is 12.0. The Bertz CT molecular complexity index is 1030. The van der Waals surface area contributed by atoms with Crippen molar-refractivity contribution in [3.8, 4) is 0 Å². The van der Waals surface area contributed by atoms with Crippen LogP contribution in [0.3, 0.4) is 0 Å². The molecule has 4 nitrogen and oxygen atoms in total. The second-order valence-corrected chi connectivity index (χ2v) is 10.1. The van der Waals surface area contributed by atoms with Gasteiger partial charge in [0.15, 0.2) is 0 Å². The Morgan fingerprint density at radius 2 is 1.44 bits per heavy atom. The van der Waals surface area contributed by atoms with E-state index in [0.717, 1.165) is 30.4 Å². The van der Waals surface area contributed by atoms with E-state index in [9.17, 15) is 9.59 Å². The summed E-state index contributed by atoms with van der Waals surface area (Å²) in [5.74, 6) is 0.223. The number of hydrogen-bond acceptors (Lipinski definition) is 4. The summed E-state index contributed by atoms with van der Waals surface area (Å²) in [4.78, 5) is 26.3. The summed E-state index contributed by atoms with van der Waals surface area (Å²) in [6.45, 7) is 3.85. The lowest BCUT2D eigenvalue weighted by molar-refractivity contribution is -0.118. The zero-order chi connectivity index (χ0) is 22.3. The van der Waals surface area contributed by atoms with Crippen molar-refractivity contribution < 1.29 is 19.1 Å². The number of ether oxygens (including phenoxy) is 2. The van der Waals surface area contributed by atoms with Crippen LogP contribution in [0, 0.1) is 31.1 Å². The van der Waals surface area contributed by atoms with Gasteiger partial charge < -0.3 is 9.47 Å². The van der Waals surface area contributed by atoms with Gasteiger partial charge >= 0.3 is 11.9 Å². The molecule has 2 bridgehead atoms. The van der Waals surface area contributed by atoms with Crippen molar-refractivity contribution in [1.29, 1.82) is 0 Å². The summed E-state index contributed by atoms with van der Waals surface area (Å²) in [5.41, 5.74) is 3.23. The highest BCUT2D eigenvalue weighted by Gasteiger charge is 2.60. The summed E-state index contributed by atoms with van der Waals surface area (Å²) in [7, 11) is 0. The summed E-state index contributed by atoms with van der Waals surface area (Å²) < 4.78 is 12.3. The molecule has 0 radical (unpaired) electrons. The molecule has 0 aromatic heterocycles. The largest absolute Gasteiger partial charge is 0.455 e. The van der Waals surface area contributed by atoms with Gasteiger partial charge in [-0.3, -0.25) is 0 Å². The average molecular weight is 433 g/mol. The van der Waals surface area contributed by atoms with E-state index in [0.29, 0.717) is 17.0 Å². The normalized spacial score (nSPS) is 30.9. The molecule has 0 spiro atoms. The number of hydrogen-bond donors (Lipinski definition) is 0. The molecule has 32 heavy (non-hydrogen) atoms. The first-order chi connectivity index (χ1) is 15.5. The van der Waals surface area contributed by atoms with Crippen LogP contribution in [-0.4, -0.2) is 24.1 Å². The molecular formula is C28H32O4. The maximum atomic E-state index is 13.2. The smallest absolute Gasteiger partial charge is 0.338 e. The predicted molar refractivity (Wildman–Crippen MR) is 122 cm³/mol. The second kappa shape index (κ2) is 8.38. The molecule has 0 N–H and O–H groups in total. The number of rotatable bonds is 4. The van der Waals surface area contributed by atoms with E-state index < -0.39 is 6.10 Å². The van der Waals surface area contributed by atoms with E-state index in [1.54, 1.807) is 0 Å². The molecule has 2 aromatic carbocycles. The second-order valence-electron chi connectivity index (χ2n) is 10.1. The highest BCUT2D eigenvalue weighted by molar-refractivity contribution is 5.92. The van der Waals surface area contributed by atoms with Gasteiger partial charge in [-0.05, 0) is 80.5 Å². The summed E-state index contributed by atoms with van der Waals surface area (Å²) in [5, 5.41) is 0. The van der Waals surface area contributed by atoms with Crippen LogP contribution in [-0.2, 0) is 9.47 Å². The minimum atomic E-state index is -0.392. The molecule has 2 aromatic rings. The quantitative estimate of drug-likeness (QED) is 0.552. The van der Waals surface area contributed by atoms with Crippen molar-refractivity contribution in [2.75, 3.05) is 0 Å². The number of carbonyl (C=O) groups excluding carboxylic acids is 2. The first-order valence-corrected chi connectivity index (χ1v) is 12.0. The maximum absolute atomic E-state index is 13.2. The van der Waals surface area contributed by atoms with Crippen LogP contribution >= 0.6 is 0 Å². The Morgan fingerprint density at radius 3 is 2.09 bits per heavy atom. The van der Waals surface area contributed by atoms with Crippen molar-refractivity contribution in [1.82, 2.24) is 0 Å². The molecule has 3 saturated carbocycles. The molecule has 3 aliphatic rings. The van der Waals surface area contributed by atoms with Gasteiger partial charge in [-0.1, -0.05) is 49.2 Å². The van der Waals surface area contributed by atoms with Crippen molar-refractivity contribution in [2.45, 2.75) is 71.0 Å². The molecule has 5 rings (SSSR count). The average Bonchev–Trinajstić information content (AvgIpc) is 3.09. The van der Waals surface area contributed by atoms with Crippen LogP contribution in [0.5, 0.6) is 0 Å². The minimum absolute atomic E-state index is 0.241. The van der Waals surface area contributed by atoms with Gasteiger partial charge in [0.1, 0.15) is 12.2 Å². The molecule has 3 fully saturated rings. The van der Waals surface area contributed by atoms with Crippen LogP contribution in [0.4, 0.5) is 0 Å². The summed E-state index contributed by atoms with van der Waals surface area (Å²) in [6, 6.07) is 15.0. The highest BCUT2D eigenvalue weighted by Crippen LogP contribution is 2.62. The Balaban J connectivity index is 1.44. The Labute approximate surface area is 190 Å². The van der Waals surface area contributed by atoms with Crippen LogP contribution in [0.15, 0.2) is 48.5 Å². The molecule has 0 saturated heterocycles. The predicted octanol–water partition coefficient (Wildman–Crippen LogP) is 6.04. The van der Waals surface area contributed by atoms with E-state index in [-0.39, 0.29) is 29.4 Å². The van der Waals surface area contributed by atoms with Crippen molar-refractivity contribution in [2.24, 2.45) is 17.3 Å². The topological polar surface area (TPSA) is 52.6 Å². The van der Waals surface area contributed by atoms with Crippen LogP contribution in [0.25, 0.3) is 0 Å². The Morgan fingerprint density at radius 1 is 0.812 bits per heavy atom. The molecule has 5 atom stereocenters. The molecule has 4 heteroatoms. The third-order valence-electron chi connectivity index (χ3n) is 8.35. The maximum Gasteiger partial charge on any atom is 0.338 e. The van der Waals surface area contributed by atoms with Crippen molar-refractivity contribution in [3.05, 3.63) is 70.8 Å². The van der Waals surface area contributed by atoms with E-state index in [4.69, 9.17) is 9.47 Å². The SMILES string of the molecule is Cc1ccccc1C(=O)OC1CC23CCCCC2C(CC3)C1OC(=O)c1ccccc1C. The fraction of sp³-hybridized carbons (Fsp3) is 0.500. The summed E-state index contributed by atoms with van der Waals surface area (Å²) in [6.07, 6.45) is 7.12. The van der Waals surface area contributed by atoms with Crippen LogP contribution < -0.4 is 0 Å². The number of esters is 2. The van der Waals surface area contributed by atoms with E-state index in [1.165, 1.54) is 25.7 Å². The van der Waals surface area contributed by atoms with E-state index >= 15 is 0 Å². The van der Waals surface area contributed by atoms with Gasteiger partial charge in [0.25, 0.3) is 0 Å². The third kappa shape index (κ3) is 3.64. The Kier molecular flexibility index (Phi) is 5.56. The zero-order valence-electron chi connectivity index (χ0n) is 19.0. The molecule has 0 amide bonds. The number of carbonyl (C=O) groups is 2. The lowest BCUT2D eigenvalue weighted by Gasteiger charge is -2.50. The van der Waals surface area contributed by atoms with Gasteiger partial charge in [0.05, 0.1) is 11.1 Å². The van der Waals surface area contributed by atoms with Gasteiger partial charge in [-0.2, -0.15) is 0 Å². The molecule has 3 aliphatic carbocycles. The number of benzene rings is 2. The minimum Gasteiger partial charge on any atom is -0.455 e. The van der Waals surface area contributed by atoms with Gasteiger partial charge in [-0.25, -0.2) is 9.59 Å². The van der Waals surface area contributed by atoms with Crippen LogP contribution in [0.1, 0.15) is 76.8 Å². The zero-order valence-corrected chi connectivity index (χ0v) is 19.0.